The van der Waals surface area contributed by atoms with Crippen LogP contribution < -0.4 is 0 Å². The maximum Gasteiger partial charge on any atom is 0.185 e. The Labute approximate surface area is 122 Å². The van der Waals surface area contributed by atoms with E-state index in [1.54, 1.807) is 0 Å². The molecule has 1 fully saturated rings. The second kappa shape index (κ2) is 7.73. The van der Waals surface area contributed by atoms with E-state index in [0.717, 1.165) is 24.0 Å². The van der Waals surface area contributed by atoms with E-state index in [2.05, 4.69) is 6.92 Å². The van der Waals surface area contributed by atoms with Gasteiger partial charge in [0.2, 0.25) is 0 Å². The normalized spacial score (nSPS) is 24.2. The molecule has 0 aromatic rings. The van der Waals surface area contributed by atoms with Crippen LogP contribution in [0.2, 0.25) is 0 Å². The number of rotatable bonds is 4. The van der Waals surface area contributed by atoms with E-state index < -0.39 is 0 Å². The zero-order chi connectivity index (χ0) is 15.1. The first-order valence-corrected chi connectivity index (χ1v) is 7.05. The molecule has 0 radical (unpaired) electrons. The molecule has 0 saturated heterocycles. The predicted molar refractivity (Wildman–Crippen MR) is 85.2 cm³/mol. The van der Waals surface area contributed by atoms with Gasteiger partial charge in [0, 0.05) is 33.8 Å². The molecule has 1 aliphatic rings. The van der Waals surface area contributed by atoms with Gasteiger partial charge >= 0.3 is 0 Å². The van der Waals surface area contributed by atoms with Crippen LogP contribution in [0.4, 0.5) is 0 Å². The van der Waals surface area contributed by atoms with Crippen molar-refractivity contribution >= 4 is 5.78 Å². The molecular formula is C17H26N2O. The Hall–Kier alpha value is -1.77. The van der Waals surface area contributed by atoms with Crippen LogP contribution in [0.3, 0.4) is 0 Å². The summed E-state index contributed by atoms with van der Waals surface area (Å²) in [7, 11) is 7.88. The highest BCUT2D eigenvalue weighted by atomic mass is 16.1. The van der Waals surface area contributed by atoms with E-state index in [4.69, 9.17) is 0 Å². The summed E-state index contributed by atoms with van der Waals surface area (Å²) in [4.78, 5) is 16.4. The van der Waals surface area contributed by atoms with Gasteiger partial charge < -0.3 is 9.80 Å². The van der Waals surface area contributed by atoms with Crippen LogP contribution in [0, 0.1) is 5.92 Å². The minimum atomic E-state index is 0.190. The Kier molecular flexibility index (Phi) is 6.29. The van der Waals surface area contributed by atoms with Crippen LogP contribution >= 0.6 is 0 Å². The number of hydrogen-bond donors (Lipinski definition) is 0. The largest absolute Gasteiger partial charge is 0.383 e. The van der Waals surface area contributed by atoms with Crippen LogP contribution in [0.15, 0.2) is 47.9 Å². The lowest BCUT2D eigenvalue weighted by molar-refractivity contribution is -0.113. The lowest BCUT2D eigenvalue weighted by Gasteiger charge is -2.22. The van der Waals surface area contributed by atoms with Crippen molar-refractivity contribution in [2.45, 2.75) is 19.8 Å². The van der Waals surface area contributed by atoms with Crippen molar-refractivity contribution in [3.8, 4) is 0 Å². The average Bonchev–Trinajstić information content (AvgIpc) is 2.35. The van der Waals surface area contributed by atoms with E-state index in [1.165, 1.54) is 0 Å². The molecule has 3 nitrogen and oxygen atoms in total. The van der Waals surface area contributed by atoms with Crippen LogP contribution in [0.1, 0.15) is 19.8 Å². The van der Waals surface area contributed by atoms with Gasteiger partial charge in [0.05, 0.1) is 0 Å². The number of nitrogens with zero attached hydrogens (tertiary/aromatic N) is 2. The summed E-state index contributed by atoms with van der Waals surface area (Å²) in [6.07, 6.45) is 13.6. The minimum Gasteiger partial charge on any atom is -0.383 e. The zero-order valence-corrected chi connectivity index (χ0v) is 13.3. The zero-order valence-electron chi connectivity index (χ0n) is 13.3. The smallest absolute Gasteiger partial charge is 0.185 e. The van der Waals surface area contributed by atoms with Gasteiger partial charge in [-0.05, 0) is 48.9 Å². The predicted octanol–water partition coefficient (Wildman–Crippen LogP) is 2.99. The van der Waals surface area contributed by atoms with Gasteiger partial charge in [-0.25, -0.2) is 0 Å². The van der Waals surface area contributed by atoms with E-state index in [-0.39, 0.29) is 5.78 Å². The molecule has 0 aromatic heterocycles. The summed E-state index contributed by atoms with van der Waals surface area (Å²) < 4.78 is 0. The minimum absolute atomic E-state index is 0.190. The van der Waals surface area contributed by atoms with Crippen LogP contribution in [-0.4, -0.2) is 43.8 Å². The van der Waals surface area contributed by atoms with Crippen molar-refractivity contribution in [3.05, 3.63) is 47.9 Å². The fourth-order valence-electron chi connectivity index (χ4n) is 2.10. The molecule has 0 amide bonds. The first-order chi connectivity index (χ1) is 9.41. The Bertz CT molecular complexity index is 454. The van der Waals surface area contributed by atoms with Gasteiger partial charge in [0.1, 0.15) is 0 Å². The summed E-state index contributed by atoms with van der Waals surface area (Å²) >= 11 is 0. The average molecular weight is 274 g/mol. The molecule has 0 N–H and O–H groups in total. The molecule has 1 rings (SSSR count). The van der Waals surface area contributed by atoms with Gasteiger partial charge in [0.15, 0.2) is 5.78 Å². The molecular weight excluding hydrogens is 248 g/mol. The summed E-state index contributed by atoms with van der Waals surface area (Å²) in [5.41, 5.74) is 1.82. The fourth-order valence-corrected chi connectivity index (χ4v) is 2.10. The maximum atomic E-state index is 12.5. The number of hydrogen-bond acceptors (Lipinski definition) is 3. The van der Waals surface area contributed by atoms with Crippen molar-refractivity contribution < 1.29 is 4.79 Å². The van der Waals surface area contributed by atoms with Crippen LogP contribution in [0.5, 0.6) is 0 Å². The van der Waals surface area contributed by atoms with E-state index in [0.29, 0.717) is 5.92 Å². The number of carbonyl (C=O) groups is 1. The van der Waals surface area contributed by atoms with Crippen molar-refractivity contribution in [2.75, 3.05) is 28.2 Å². The molecule has 0 unspecified atom stereocenters. The monoisotopic (exact) mass is 274 g/mol. The van der Waals surface area contributed by atoms with E-state index >= 15 is 0 Å². The molecule has 1 atom stereocenters. The maximum absolute atomic E-state index is 12.5. The summed E-state index contributed by atoms with van der Waals surface area (Å²) in [5, 5.41) is 0. The second-order valence-corrected chi connectivity index (χ2v) is 5.69. The second-order valence-electron chi connectivity index (χ2n) is 5.69. The Morgan fingerprint density at radius 1 is 1.00 bits per heavy atom. The summed E-state index contributed by atoms with van der Waals surface area (Å²) in [5.74, 6) is 0.528. The molecule has 3 heteroatoms. The van der Waals surface area contributed by atoms with Gasteiger partial charge in [-0.2, -0.15) is 0 Å². The third-order valence-electron chi connectivity index (χ3n) is 3.27. The number of allylic oxidation sites excluding steroid dienone is 6. The quantitative estimate of drug-likeness (QED) is 0.736. The van der Waals surface area contributed by atoms with Gasteiger partial charge in [0.25, 0.3) is 0 Å². The molecule has 0 aliphatic heterocycles. The number of ketones is 1. The van der Waals surface area contributed by atoms with Gasteiger partial charge in [-0.1, -0.05) is 19.1 Å². The van der Waals surface area contributed by atoms with Crippen LogP contribution in [-0.2, 0) is 4.79 Å². The van der Waals surface area contributed by atoms with Gasteiger partial charge in [-0.15, -0.1) is 0 Å². The molecule has 0 aromatic carbocycles. The van der Waals surface area contributed by atoms with Gasteiger partial charge in [-0.3, -0.25) is 4.79 Å². The third kappa shape index (κ3) is 5.08. The van der Waals surface area contributed by atoms with E-state index in [1.807, 2.05) is 74.7 Å². The SMILES string of the molecule is C[C@@H]1CC/C(=C\C=C\N(C)C)C(=O)/C1=C\C=C\N(C)C. The third-order valence-corrected chi connectivity index (χ3v) is 3.27. The molecule has 0 heterocycles. The van der Waals surface area contributed by atoms with Crippen molar-refractivity contribution in [3.63, 3.8) is 0 Å². The molecule has 0 bridgehead atoms. The first-order valence-electron chi connectivity index (χ1n) is 7.05. The fraction of sp³-hybridized carbons (Fsp3) is 0.471. The number of carbonyl (C=O) groups excluding carboxylic acids is 1. The van der Waals surface area contributed by atoms with Crippen molar-refractivity contribution in [1.29, 1.82) is 0 Å². The highest BCUT2D eigenvalue weighted by molar-refractivity contribution is 6.09. The first kappa shape index (κ1) is 16.3. The molecule has 0 spiro atoms. The highest BCUT2D eigenvalue weighted by Crippen LogP contribution is 2.30. The van der Waals surface area contributed by atoms with Crippen molar-refractivity contribution in [2.24, 2.45) is 5.92 Å². The highest BCUT2D eigenvalue weighted by Gasteiger charge is 2.25. The molecule has 1 aliphatic carbocycles. The van der Waals surface area contributed by atoms with Crippen molar-refractivity contribution in [1.82, 2.24) is 9.80 Å². The lowest BCUT2D eigenvalue weighted by atomic mass is 9.81. The molecule has 20 heavy (non-hydrogen) atoms. The lowest BCUT2D eigenvalue weighted by Crippen LogP contribution is -2.19. The molecule has 1 saturated carbocycles. The van der Waals surface area contributed by atoms with E-state index in [9.17, 15) is 4.79 Å². The standard InChI is InChI=1S/C17H26N2O/c1-14-10-11-15(8-6-12-18(2)3)17(20)16(14)9-7-13-19(4)5/h6-9,12-14H,10-11H2,1-5H3/b12-6+,13-7+,15-8+,16-9-/t14-/m1/s1. The Morgan fingerprint density at radius 2 is 1.55 bits per heavy atom. The topological polar surface area (TPSA) is 23.6 Å². The number of Topliss-reactive ketones (excluding diaryl/α,β-unsaturated/α-hetero) is 1. The Morgan fingerprint density at radius 3 is 2.10 bits per heavy atom. The summed E-state index contributed by atoms with van der Waals surface area (Å²) in [6.45, 7) is 2.12. The molecule has 110 valence electrons. The van der Waals surface area contributed by atoms with Crippen LogP contribution in [0.25, 0.3) is 0 Å². The summed E-state index contributed by atoms with van der Waals surface area (Å²) in [6, 6.07) is 0. The Balaban J connectivity index is 2.87.